The minimum absolute atomic E-state index is 0.0328. The molecule has 0 radical (unpaired) electrons. The van der Waals surface area contributed by atoms with E-state index in [1.165, 1.54) is 6.08 Å². The minimum Gasteiger partial charge on any atom is -0.388 e. The highest BCUT2D eigenvalue weighted by atomic mass is 32.2. The number of hydrogen-bond donors (Lipinski definition) is 2. The average Bonchev–Trinajstić information content (AvgIpc) is 1.78. The lowest BCUT2D eigenvalue weighted by atomic mass is 10.4. The summed E-state index contributed by atoms with van der Waals surface area (Å²) in [4.78, 5) is 10.4. The van der Waals surface area contributed by atoms with Gasteiger partial charge in [-0.15, -0.1) is 0 Å². The van der Waals surface area contributed by atoms with Crippen LogP contribution in [0.5, 0.6) is 0 Å². The normalized spacial score (nSPS) is 23.2. The third kappa shape index (κ3) is 1.10. The largest absolute Gasteiger partial charge is 0.388 e. The van der Waals surface area contributed by atoms with E-state index < -0.39 is 15.9 Å². The highest BCUT2D eigenvalue weighted by Gasteiger charge is 2.21. The lowest BCUT2D eigenvalue weighted by Gasteiger charge is -2.09. The van der Waals surface area contributed by atoms with Gasteiger partial charge in [-0.2, -0.15) is 8.42 Å². The van der Waals surface area contributed by atoms with Crippen LogP contribution in [0.1, 0.15) is 6.42 Å². The summed E-state index contributed by atoms with van der Waals surface area (Å²) in [5.74, 6) is -0.547. The molecule has 1 heterocycles. The molecule has 0 bridgehead atoms. The Bertz CT molecular complexity index is 290. The first-order valence-corrected chi connectivity index (χ1v) is 4.02. The van der Waals surface area contributed by atoms with Gasteiger partial charge < -0.3 is 5.73 Å². The highest BCUT2D eigenvalue weighted by Crippen LogP contribution is 2.04. The van der Waals surface area contributed by atoms with Crippen LogP contribution in [0.2, 0.25) is 0 Å². The number of nitrogens with two attached hydrogens (primary N) is 1. The second-order valence-electron chi connectivity index (χ2n) is 1.84. The molecule has 0 atom stereocenters. The molecular weight excluding hydrogens is 156 g/mol. The average molecular weight is 162 g/mol. The van der Waals surface area contributed by atoms with Crippen LogP contribution in [-0.4, -0.2) is 14.3 Å². The fourth-order valence-electron chi connectivity index (χ4n) is 0.553. The van der Waals surface area contributed by atoms with Crippen LogP contribution in [-0.2, 0) is 14.8 Å². The van der Waals surface area contributed by atoms with Gasteiger partial charge in [0.25, 0.3) is 10.0 Å². The first kappa shape index (κ1) is 7.07. The topological polar surface area (TPSA) is 89.3 Å². The number of rotatable bonds is 0. The van der Waals surface area contributed by atoms with Crippen molar-refractivity contribution in [1.82, 2.24) is 4.72 Å². The summed E-state index contributed by atoms with van der Waals surface area (Å²) in [7, 11) is -3.67. The Hall–Kier alpha value is -1.04. The first-order valence-electron chi connectivity index (χ1n) is 2.53. The van der Waals surface area contributed by atoms with Crippen molar-refractivity contribution in [2.75, 3.05) is 0 Å². The second kappa shape index (κ2) is 1.98. The maximum atomic E-state index is 10.7. The molecule has 1 rings (SSSR count). The van der Waals surface area contributed by atoms with E-state index in [0.717, 1.165) is 0 Å². The molecule has 0 fully saturated rings. The molecule has 0 aliphatic carbocycles. The maximum Gasteiger partial charge on any atom is 0.278 e. The third-order valence-corrected chi connectivity index (χ3v) is 2.33. The van der Waals surface area contributed by atoms with Crippen LogP contribution in [0.25, 0.3) is 0 Å². The summed E-state index contributed by atoms with van der Waals surface area (Å²) in [6, 6.07) is 0. The van der Waals surface area contributed by atoms with E-state index in [-0.39, 0.29) is 11.4 Å². The molecule has 1 aliphatic rings. The first-order chi connectivity index (χ1) is 4.52. The molecule has 1 aliphatic heterocycles. The van der Waals surface area contributed by atoms with Crippen LogP contribution in [0.4, 0.5) is 0 Å². The van der Waals surface area contributed by atoms with Crippen LogP contribution in [0.3, 0.4) is 0 Å². The molecule has 0 saturated carbocycles. The summed E-state index contributed by atoms with van der Waals surface area (Å²) in [5.41, 5.74) is 5.03. The van der Waals surface area contributed by atoms with E-state index in [4.69, 9.17) is 5.73 Å². The monoisotopic (exact) mass is 162 g/mol. The van der Waals surface area contributed by atoms with Crippen molar-refractivity contribution in [3.63, 3.8) is 0 Å². The summed E-state index contributed by atoms with van der Waals surface area (Å²) in [5, 5.41) is -0.285. The summed E-state index contributed by atoms with van der Waals surface area (Å²) < 4.78 is 23.1. The minimum atomic E-state index is -3.67. The van der Waals surface area contributed by atoms with Gasteiger partial charge in [-0.25, -0.2) is 4.72 Å². The molecule has 0 unspecified atom stereocenters. The summed E-state index contributed by atoms with van der Waals surface area (Å²) >= 11 is 0. The Labute approximate surface area is 58.0 Å². The summed E-state index contributed by atoms with van der Waals surface area (Å²) in [6.07, 6.45) is 1.21. The predicted octanol–water partition coefficient (Wildman–Crippen LogP) is -1.36. The van der Waals surface area contributed by atoms with Crippen LogP contribution < -0.4 is 10.5 Å². The van der Waals surface area contributed by atoms with E-state index in [1.54, 1.807) is 4.72 Å². The standard InChI is InChI=1S/C4H6N2O3S/c5-3-1-2-4(7)6-10(3,8)9/h1H,2,5H2,(H,6,7). The Morgan fingerprint density at radius 3 is 2.60 bits per heavy atom. The lowest BCUT2D eigenvalue weighted by Crippen LogP contribution is -2.36. The second-order valence-corrected chi connectivity index (χ2v) is 3.52. The molecule has 0 aromatic heterocycles. The molecule has 1 amide bonds. The number of hydrogen-bond acceptors (Lipinski definition) is 4. The Balaban J connectivity index is 3.10. The SMILES string of the molecule is NC1=CCC(=O)NS1(=O)=O. The van der Waals surface area contributed by atoms with E-state index in [9.17, 15) is 13.2 Å². The molecule has 0 aromatic rings. The van der Waals surface area contributed by atoms with Crippen molar-refractivity contribution in [3.05, 3.63) is 11.1 Å². The molecule has 56 valence electrons. The van der Waals surface area contributed by atoms with Crippen molar-refractivity contribution in [2.24, 2.45) is 5.73 Å². The van der Waals surface area contributed by atoms with Gasteiger partial charge in [0, 0.05) is 6.42 Å². The van der Waals surface area contributed by atoms with E-state index in [1.807, 2.05) is 0 Å². The molecule has 0 saturated heterocycles. The van der Waals surface area contributed by atoms with Crippen molar-refractivity contribution in [2.45, 2.75) is 6.42 Å². The maximum absolute atomic E-state index is 10.7. The molecule has 0 spiro atoms. The number of nitrogens with one attached hydrogen (secondary N) is 1. The number of carbonyl (C=O) groups excluding carboxylic acids is 1. The molecule has 5 nitrogen and oxygen atoms in total. The van der Waals surface area contributed by atoms with Crippen molar-refractivity contribution < 1.29 is 13.2 Å². The Morgan fingerprint density at radius 1 is 1.60 bits per heavy atom. The smallest absolute Gasteiger partial charge is 0.278 e. The van der Waals surface area contributed by atoms with Gasteiger partial charge in [-0.05, 0) is 6.08 Å². The fourth-order valence-corrected chi connectivity index (χ4v) is 1.36. The highest BCUT2D eigenvalue weighted by molar-refractivity contribution is 7.93. The van der Waals surface area contributed by atoms with Crippen LogP contribution >= 0.6 is 0 Å². The fraction of sp³-hybridized carbons (Fsp3) is 0.250. The van der Waals surface area contributed by atoms with Gasteiger partial charge in [0.15, 0.2) is 0 Å². The predicted molar refractivity (Wildman–Crippen MR) is 33.9 cm³/mol. The summed E-state index contributed by atoms with van der Waals surface area (Å²) in [6.45, 7) is 0. The zero-order valence-corrected chi connectivity index (χ0v) is 5.81. The Kier molecular flexibility index (Phi) is 1.40. The van der Waals surface area contributed by atoms with Crippen LogP contribution in [0.15, 0.2) is 11.1 Å². The number of sulfonamides is 1. The molecular formula is C4H6N2O3S. The van der Waals surface area contributed by atoms with Crippen molar-refractivity contribution >= 4 is 15.9 Å². The van der Waals surface area contributed by atoms with Gasteiger partial charge >= 0.3 is 0 Å². The van der Waals surface area contributed by atoms with Gasteiger partial charge in [-0.3, -0.25) is 4.79 Å². The van der Waals surface area contributed by atoms with E-state index >= 15 is 0 Å². The zero-order valence-electron chi connectivity index (χ0n) is 4.99. The van der Waals surface area contributed by atoms with Gasteiger partial charge in [-0.1, -0.05) is 0 Å². The zero-order chi connectivity index (χ0) is 7.78. The molecule has 0 aromatic carbocycles. The van der Waals surface area contributed by atoms with Gasteiger partial charge in [0.05, 0.1) is 0 Å². The number of carbonyl (C=O) groups is 1. The molecule has 6 heteroatoms. The molecule has 10 heavy (non-hydrogen) atoms. The van der Waals surface area contributed by atoms with Crippen LogP contribution in [0, 0.1) is 0 Å². The third-order valence-electron chi connectivity index (χ3n) is 1.05. The quantitative estimate of drug-likeness (QED) is 0.460. The Morgan fingerprint density at radius 2 is 2.20 bits per heavy atom. The molecule has 3 N–H and O–H groups in total. The van der Waals surface area contributed by atoms with E-state index in [2.05, 4.69) is 0 Å². The number of amides is 1. The van der Waals surface area contributed by atoms with Crippen molar-refractivity contribution in [1.29, 1.82) is 0 Å². The van der Waals surface area contributed by atoms with Crippen molar-refractivity contribution in [3.8, 4) is 0 Å². The van der Waals surface area contributed by atoms with Gasteiger partial charge in [0.1, 0.15) is 5.03 Å². The van der Waals surface area contributed by atoms with E-state index in [0.29, 0.717) is 0 Å². The van der Waals surface area contributed by atoms with Gasteiger partial charge in [0.2, 0.25) is 5.91 Å². The lowest BCUT2D eigenvalue weighted by molar-refractivity contribution is -0.118.